The summed E-state index contributed by atoms with van der Waals surface area (Å²) in [5, 5.41) is 26.0. The van der Waals surface area contributed by atoms with Crippen LogP contribution in [0.15, 0.2) is 30.6 Å². The molecule has 3 aromatic heterocycles. The highest BCUT2D eigenvalue weighted by Crippen LogP contribution is 2.30. The van der Waals surface area contributed by atoms with Gasteiger partial charge in [-0.1, -0.05) is 0 Å². The summed E-state index contributed by atoms with van der Waals surface area (Å²) in [5.74, 6) is -0.910. The van der Waals surface area contributed by atoms with Crippen LogP contribution in [-0.2, 0) is 4.79 Å². The lowest BCUT2D eigenvalue weighted by Gasteiger charge is -2.30. The molecular formula is C23H27FN8O3. The number of aliphatic hydroxyl groups excluding tert-OH is 1. The van der Waals surface area contributed by atoms with Crippen LogP contribution in [0.1, 0.15) is 49.0 Å². The van der Waals surface area contributed by atoms with Crippen LogP contribution in [0.2, 0.25) is 0 Å². The second-order valence-corrected chi connectivity index (χ2v) is 8.98. The molecule has 0 unspecified atom stereocenters. The average molecular weight is 483 g/mol. The molecule has 0 spiro atoms. The number of rotatable bonds is 8. The lowest BCUT2D eigenvalue weighted by molar-refractivity contribution is -0.124. The minimum Gasteiger partial charge on any atom is -0.387 e. The average Bonchev–Trinajstić information content (AvgIpc) is 3.55. The molecule has 2 saturated carbocycles. The molecule has 3 heterocycles. The van der Waals surface area contributed by atoms with Crippen LogP contribution in [0, 0.1) is 5.95 Å². The van der Waals surface area contributed by atoms with Gasteiger partial charge in [-0.2, -0.15) is 4.39 Å². The molecule has 184 valence electrons. The molecule has 5 N–H and O–H groups in total. The monoisotopic (exact) mass is 482 g/mol. The number of hydrogen-bond donors (Lipinski definition) is 5. The number of carbonyl (C=O) groups is 2. The highest BCUT2D eigenvalue weighted by atomic mass is 19.1. The van der Waals surface area contributed by atoms with Gasteiger partial charge in [-0.15, -0.1) is 5.10 Å². The molecule has 11 nitrogen and oxygen atoms in total. The Labute approximate surface area is 200 Å². The smallest absolute Gasteiger partial charge is 0.276 e. The van der Waals surface area contributed by atoms with Gasteiger partial charge in [0, 0.05) is 42.1 Å². The lowest BCUT2D eigenvalue weighted by atomic mass is 9.91. The van der Waals surface area contributed by atoms with Crippen molar-refractivity contribution < 1.29 is 19.1 Å². The first-order valence-electron chi connectivity index (χ1n) is 11.7. The number of amides is 2. The van der Waals surface area contributed by atoms with Crippen molar-refractivity contribution in [3.63, 3.8) is 0 Å². The van der Waals surface area contributed by atoms with E-state index in [0.717, 1.165) is 50.3 Å². The van der Waals surface area contributed by atoms with Crippen LogP contribution in [0.5, 0.6) is 0 Å². The quantitative estimate of drug-likeness (QED) is 0.306. The van der Waals surface area contributed by atoms with Crippen LogP contribution < -0.4 is 21.3 Å². The number of pyridine rings is 1. The normalized spacial score (nSPS) is 19.8. The Morgan fingerprint density at radius 1 is 1.03 bits per heavy atom. The Balaban J connectivity index is 1.35. The zero-order valence-corrected chi connectivity index (χ0v) is 19.0. The number of nitrogens with zero attached hydrogens (tertiary/aromatic N) is 4. The number of aliphatic hydroxyl groups is 1. The molecule has 0 saturated heterocycles. The summed E-state index contributed by atoms with van der Waals surface area (Å²) in [6.45, 7) is -0.504. The number of anilines is 3. The van der Waals surface area contributed by atoms with Gasteiger partial charge in [0.15, 0.2) is 11.3 Å². The largest absolute Gasteiger partial charge is 0.387 e. The number of nitrogens with one attached hydrogen (secondary N) is 4. The molecule has 0 aliphatic heterocycles. The predicted molar refractivity (Wildman–Crippen MR) is 127 cm³/mol. The molecule has 2 fully saturated rings. The van der Waals surface area contributed by atoms with E-state index < -0.39 is 18.5 Å². The fourth-order valence-electron chi connectivity index (χ4n) is 4.29. The molecule has 0 atom stereocenters. The van der Waals surface area contributed by atoms with Crippen LogP contribution >= 0.6 is 0 Å². The summed E-state index contributed by atoms with van der Waals surface area (Å²) in [6.07, 6.45) is 8.11. The van der Waals surface area contributed by atoms with E-state index in [1.165, 1.54) is 23.0 Å². The van der Waals surface area contributed by atoms with E-state index in [0.29, 0.717) is 17.5 Å². The maximum absolute atomic E-state index is 13.4. The molecule has 3 aromatic rings. The first-order valence-corrected chi connectivity index (χ1v) is 11.7. The highest BCUT2D eigenvalue weighted by molar-refractivity contribution is 6.03. The van der Waals surface area contributed by atoms with Crippen molar-refractivity contribution in [1.82, 2.24) is 24.9 Å². The predicted octanol–water partition coefficient (Wildman–Crippen LogP) is 1.92. The Morgan fingerprint density at radius 2 is 1.74 bits per heavy atom. The number of halogens is 1. The van der Waals surface area contributed by atoms with E-state index in [2.05, 4.69) is 36.3 Å². The highest BCUT2D eigenvalue weighted by Gasteiger charge is 2.26. The SMILES string of the molecule is O=C(CO)N[C@H]1CC[C@H](Nc2cc(NC3CC3)c3ncc(C(=O)Nc4ccnc(F)c4)n3n2)CC1. The van der Waals surface area contributed by atoms with Crippen LogP contribution in [0.4, 0.5) is 21.6 Å². The van der Waals surface area contributed by atoms with Crippen molar-refractivity contribution >= 4 is 34.7 Å². The van der Waals surface area contributed by atoms with Gasteiger partial charge in [0.25, 0.3) is 5.91 Å². The molecule has 2 aliphatic carbocycles. The maximum atomic E-state index is 13.4. The fourth-order valence-corrected chi connectivity index (χ4v) is 4.29. The minimum atomic E-state index is -0.688. The van der Waals surface area contributed by atoms with Crippen molar-refractivity contribution in [3.05, 3.63) is 42.2 Å². The molecule has 5 rings (SSSR count). The van der Waals surface area contributed by atoms with Crippen molar-refractivity contribution in [2.45, 2.75) is 56.7 Å². The van der Waals surface area contributed by atoms with E-state index in [9.17, 15) is 14.0 Å². The van der Waals surface area contributed by atoms with Crippen LogP contribution in [0.25, 0.3) is 5.65 Å². The van der Waals surface area contributed by atoms with E-state index >= 15 is 0 Å². The molecule has 0 bridgehead atoms. The molecular weight excluding hydrogens is 455 g/mol. The number of aromatic nitrogens is 4. The van der Waals surface area contributed by atoms with Gasteiger partial charge in [0.05, 0.1) is 11.9 Å². The third kappa shape index (κ3) is 5.48. The number of fused-ring (bicyclic) bond motifs is 1. The van der Waals surface area contributed by atoms with E-state index in [1.807, 2.05) is 6.07 Å². The van der Waals surface area contributed by atoms with E-state index in [1.54, 1.807) is 0 Å². The van der Waals surface area contributed by atoms with E-state index in [4.69, 9.17) is 5.11 Å². The number of carbonyl (C=O) groups excluding carboxylic acids is 2. The molecule has 2 amide bonds. The summed E-state index contributed by atoms with van der Waals surface area (Å²) in [7, 11) is 0. The Morgan fingerprint density at radius 3 is 2.46 bits per heavy atom. The van der Waals surface area contributed by atoms with Gasteiger partial charge in [0.2, 0.25) is 11.9 Å². The molecule has 12 heteroatoms. The minimum absolute atomic E-state index is 0.0530. The summed E-state index contributed by atoms with van der Waals surface area (Å²) >= 11 is 0. The second kappa shape index (κ2) is 9.82. The maximum Gasteiger partial charge on any atom is 0.276 e. The third-order valence-electron chi connectivity index (χ3n) is 6.21. The van der Waals surface area contributed by atoms with Gasteiger partial charge in [0.1, 0.15) is 12.4 Å². The first-order chi connectivity index (χ1) is 17.0. The summed E-state index contributed by atoms with van der Waals surface area (Å²) < 4.78 is 14.9. The summed E-state index contributed by atoms with van der Waals surface area (Å²) in [6, 6.07) is 5.12. The standard InChI is InChI=1S/C23H27FN8O3/c24-19-9-16(7-8-25-19)30-23(35)18-11-26-22-17(27-13-1-2-13)10-20(31-32(18)22)28-14-3-5-15(6-4-14)29-21(34)12-33/h7-11,13-15,27,33H,1-6,12H2,(H,28,31)(H,29,34)(H,25,30,35)/t14-,15-. The zero-order chi connectivity index (χ0) is 24.4. The van der Waals surface area contributed by atoms with Crippen molar-refractivity contribution in [3.8, 4) is 0 Å². The lowest BCUT2D eigenvalue weighted by Crippen LogP contribution is -2.41. The van der Waals surface area contributed by atoms with Gasteiger partial charge < -0.3 is 26.4 Å². The van der Waals surface area contributed by atoms with Gasteiger partial charge >= 0.3 is 0 Å². The Hall–Kier alpha value is -3.80. The summed E-state index contributed by atoms with van der Waals surface area (Å²) in [5.41, 5.74) is 1.81. The van der Waals surface area contributed by atoms with E-state index in [-0.39, 0.29) is 29.4 Å². The third-order valence-corrected chi connectivity index (χ3v) is 6.21. The van der Waals surface area contributed by atoms with Crippen molar-refractivity contribution in [2.75, 3.05) is 22.6 Å². The molecule has 35 heavy (non-hydrogen) atoms. The zero-order valence-electron chi connectivity index (χ0n) is 19.0. The number of imidazole rings is 1. The topological polar surface area (TPSA) is 146 Å². The number of hydrogen-bond acceptors (Lipinski definition) is 8. The Bertz CT molecular complexity index is 1240. The van der Waals surface area contributed by atoms with Gasteiger partial charge in [-0.3, -0.25) is 9.59 Å². The van der Waals surface area contributed by atoms with Gasteiger partial charge in [-0.05, 0) is 44.6 Å². The molecule has 2 aliphatic rings. The van der Waals surface area contributed by atoms with Crippen LogP contribution in [0.3, 0.4) is 0 Å². The molecule has 0 aromatic carbocycles. The molecule has 0 radical (unpaired) electrons. The fraction of sp³-hybridized carbons (Fsp3) is 0.435. The second-order valence-electron chi connectivity index (χ2n) is 8.98. The Kier molecular flexibility index (Phi) is 6.45. The van der Waals surface area contributed by atoms with Crippen LogP contribution in [-0.4, -0.2) is 61.2 Å². The first kappa shape index (κ1) is 23.0. The van der Waals surface area contributed by atoms with Crippen molar-refractivity contribution in [1.29, 1.82) is 0 Å². The van der Waals surface area contributed by atoms with Crippen molar-refractivity contribution in [2.24, 2.45) is 0 Å². The van der Waals surface area contributed by atoms with Gasteiger partial charge in [-0.25, -0.2) is 14.5 Å². The summed E-state index contributed by atoms with van der Waals surface area (Å²) in [4.78, 5) is 32.3.